The molecule has 5 heteroatoms. The maximum Gasteiger partial charge on any atom is 0.147 e. The normalized spacial score (nSPS) is 12.9. The number of rotatable bonds is 4. The minimum atomic E-state index is 0.298. The van der Waals surface area contributed by atoms with E-state index in [0.29, 0.717) is 33.6 Å². The molecule has 1 heterocycles. The molecule has 0 aliphatic heterocycles. The van der Waals surface area contributed by atoms with E-state index in [1.165, 1.54) is 0 Å². The Labute approximate surface area is 106 Å². The number of anilines is 2. The summed E-state index contributed by atoms with van der Waals surface area (Å²) in [7, 11) is 0. The van der Waals surface area contributed by atoms with Crippen molar-refractivity contribution in [1.29, 1.82) is 0 Å². The molecule has 0 saturated carbocycles. The molecule has 0 saturated heterocycles. The number of nitrogens with two attached hydrogens (primary N) is 1. The maximum absolute atomic E-state index is 6.04. The Morgan fingerprint density at radius 1 is 1.38 bits per heavy atom. The van der Waals surface area contributed by atoms with E-state index in [2.05, 4.69) is 31.1 Å². The van der Waals surface area contributed by atoms with Crippen molar-refractivity contribution in [3.05, 3.63) is 16.1 Å². The molecule has 0 bridgehead atoms. The molecule has 16 heavy (non-hydrogen) atoms. The van der Waals surface area contributed by atoms with E-state index >= 15 is 0 Å². The predicted octanol–water partition coefficient (Wildman–Crippen LogP) is 3.82. The Bertz CT molecular complexity index is 366. The van der Waals surface area contributed by atoms with E-state index < -0.39 is 0 Å². The second kappa shape index (κ2) is 5.60. The Kier molecular flexibility index (Phi) is 4.69. The average Bonchev–Trinajstić information content (AvgIpc) is 2.21. The van der Waals surface area contributed by atoms with Crippen molar-refractivity contribution in [3.63, 3.8) is 0 Å². The fraction of sp³-hybridized carbons (Fsp3) is 0.545. The van der Waals surface area contributed by atoms with Gasteiger partial charge in [0.1, 0.15) is 11.6 Å². The zero-order chi connectivity index (χ0) is 12.3. The van der Waals surface area contributed by atoms with Crippen LogP contribution in [0, 0.1) is 5.92 Å². The van der Waals surface area contributed by atoms with Crippen molar-refractivity contribution in [1.82, 2.24) is 4.98 Å². The molecule has 0 aliphatic carbocycles. The first kappa shape index (κ1) is 13.4. The summed E-state index contributed by atoms with van der Waals surface area (Å²) >= 11 is 11.9. The van der Waals surface area contributed by atoms with Crippen molar-refractivity contribution in [2.24, 2.45) is 5.92 Å². The molecule has 0 fully saturated rings. The van der Waals surface area contributed by atoms with Gasteiger partial charge in [-0.3, -0.25) is 0 Å². The fourth-order valence-electron chi connectivity index (χ4n) is 1.50. The lowest BCUT2D eigenvalue weighted by Crippen LogP contribution is -2.25. The number of nitrogens with one attached hydrogen (secondary N) is 1. The minimum Gasteiger partial charge on any atom is -0.382 e. The van der Waals surface area contributed by atoms with Gasteiger partial charge in [0.15, 0.2) is 0 Å². The van der Waals surface area contributed by atoms with Gasteiger partial charge >= 0.3 is 0 Å². The molecule has 1 atom stereocenters. The molecule has 0 amide bonds. The van der Waals surface area contributed by atoms with Crippen LogP contribution in [-0.4, -0.2) is 11.0 Å². The summed E-state index contributed by atoms with van der Waals surface area (Å²) in [6.45, 7) is 6.41. The number of halogens is 2. The second-order valence-corrected chi connectivity index (χ2v) is 4.90. The lowest BCUT2D eigenvalue weighted by Gasteiger charge is -2.22. The first-order chi connectivity index (χ1) is 7.45. The van der Waals surface area contributed by atoms with E-state index in [-0.39, 0.29) is 0 Å². The third-order valence-electron chi connectivity index (χ3n) is 2.52. The summed E-state index contributed by atoms with van der Waals surface area (Å²) < 4.78 is 0. The van der Waals surface area contributed by atoms with E-state index in [9.17, 15) is 0 Å². The lowest BCUT2D eigenvalue weighted by molar-refractivity contribution is 0.510. The van der Waals surface area contributed by atoms with Crippen LogP contribution in [-0.2, 0) is 0 Å². The van der Waals surface area contributed by atoms with Crippen LogP contribution in [0.25, 0.3) is 0 Å². The standard InChI is InChI=1S/C11H17Cl2N3/c1-4-9(6(2)3)15-11-8(13)5-7(12)10(14)16-11/h5-6,9H,4H2,1-3H3,(H3,14,15,16). The number of nitrogen functional groups attached to an aromatic ring is 1. The summed E-state index contributed by atoms with van der Waals surface area (Å²) in [6, 6.07) is 1.94. The van der Waals surface area contributed by atoms with Crippen LogP contribution >= 0.6 is 23.2 Å². The quantitative estimate of drug-likeness (QED) is 0.867. The van der Waals surface area contributed by atoms with Crippen molar-refractivity contribution >= 4 is 34.8 Å². The van der Waals surface area contributed by atoms with Gasteiger partial charge in [0.05, 0.1) is 10.0 Å². The number of hydrogen-bond acceptors (Lipinski definition) is 3. The monoisotopic (exact) mass is 261 g/mol. The molecular weight excluding hydrogens is 245 g/mol. The van der Waals surface area contributed by atoms with Crippen LogP contribution in [0.2, 0.25) is 10.0 Å². The first-order valence-electron chi connectivity index (χ1n) is 5.33. The van der Waals surface area contributed by atoms with Gasteiger partial charge in [0.25, 0.3) is 0 Å². The highest BCUT2D eigenvalue weighted by atomic mass is 35.5. The number of nitrogens with zero attached hydrogens (tertiary/aromatic N) is 1. The van der Waals surface area contributed by atoms with Gasteiger partial charge in [0, 0.05) is 6.04 Å². The smallest absolute Gasteiger partial charge is 0.147 e. The molecule has 0 spiro atoms. The van der Waals surface area contributed by atoms with Gasteiger partial charge in [-0.05, 0) is 18.4 Å². The molecule has 1 aromatic rings. The topological polar surface area (TPSA) is 50.9 Å². The molecule has 0 aromatic carbocycles. The number of hydrogen-bond donors (Lipinski definition) is 2. The van der Waals surface area contributed by atoms with Gasteiger partial charge in [-0.2, -0.15) is 0 Å². The highest BCUT2D eigenvalue weighted by Crippen LogP contribution is 2.28. The third-order valence-corrected chi connectivity index (χ3v) is 3.11. The Morgan fingerprint density at radius 3 is 2.50 bits per heavy atom. The van der Waals surface area contributed by atoms with Crippen molar-refractivity contribution in [2.75, 3.05) is 11.1 Å². The summed E-state index contributed by atoms with van der Waals surface area (Å²) in [5.74, 6) is 1.40. The van der Waals surface area contributed by atoms with E-state index in [4.69, 9.17) is 28.9 Å². The molecular formula is C11H17Cl2N3. The van der Waals surface area contributed by atoms with Crippen LogP contribution in [0.15, 0.2) is 6.07 Å². The summed E-state index contributed by atoms with van der Waals surface area (Å²) in [5, 5.41) is 4.16. The first-order valence-corrected chi connectivity index (χ1v) is 6.09. The molecule has 1 rings (SSSR count). The van der Waals surface area contributed by atoms with Gasteiger partial charge in [-0.25, -0.2) is 4.98 Å². The van der Waals surface area contributed by atoms with E-state index in [1.54, 1.807) is 6.07 Å². The maximum atomic E-state index is 6.04. The van der Waals surface area contributed by atoms with Gasteiger partial charge < -0.3 is 11.1 Å². The molecule has 1 aromatic heterocycles. The van der Waals surface area contributed by atoms with Crippen LogP contribution < -0.4 is 11.1 Å². The average molecular weight is 262 g/mol. The van der Waals surface area contributed by atoms with Crippen LogP contribution in [0.3, 0.4) is 0 Å². The third kappa shape index (κ3) is 3.16. The molecule has 90 valence electrons. The molecule has 1 unspecified atom stereocenters. The SMILES string of the molecule is CCC(Nc1nc(N)c(Cl)cc1Cl)C(C)C. The number of aromatic nitrogens is 1. The van der Waals surface area contributed by atoms with E-state index in [0.717, 1.165) is 6.42 Å². The zero-order valence-electron chi connectivity index (χ0n) is 9.72. The van der Waals surface area contributed by atoms with Crippen LogP contribution in [0.4, 0.5) is 11.6 Å². The zero-order valence-corrected chi connectivity index (χ0v) is 11.2. The summed E-state index contributed by atoms with van der Waals surface area (Å²) in [6.07, 6.45) is 0.998. The Morgan fingerprint density at radius 2 is 2.00 bits per heavy atom. The summed E-state index contributed by atoms with van der Waals surface area (Å²) in [4.78, 5) is 4.15. The van der Waals surface area contributed by atoms with Crippen LogP contribution in [0.5, 0.6) is 0 Å². The number of pyridine rings is 1. The van der Waals surface area contributed by atoms with Crippen molar-refractivity contribution in [2.45, 2.75) is 33.2 Å². The van der Waals surface area contributed by atoms with Crippen LogP contribution in [0.1, 0.15) is 27.2 Å². The molecule has 3 N–H and O–H groups in total. The second-order valence-electron chi connectivity index (χ2n) is 4.09. The Hall–Kier alpha value is -0.670. The molecule has 0 radical (unpaired) electrons. The van der Waals surface area contributed by atoms with Gasteiger partial charge in [0.2, 0.25) is 0 Å². The highest BCUT2D eigenvalue weighted by molar-refractivity contribution is 6.37. The van der Waals surface area contributed by atoms with E-state index in [1.807, 2.05) is 0 Å². The lowest BCUT2D eigenvalue weighted by atomic mass is 10.0. The Balaban J connectivity index is 2.92. The predicted molar refractivity (Wildman–Crippen MR) is 71.2 cm³/mol. The van der Waals surface area contributed by atoms with Gasteiger partial charge in [-0.15, -0.1) is 0 Å². The summed E-state index contributed by atoms with van der Waals surface area (Å²) in [5.41, 5.74) is 5.64. The largest absolute Gasteiger partial charge is 0.382 e. The highest BCUT2D eigenvalue weighted by Gasteiger charge is 2.14. The van der Waals surface area contributed by atoms with Gasteiger partial charge in [-0.1, -0.05) is 44.0 Å². The molecule has 3 nitrogen and oxygen atoms in total. The fourth-order valence-corrected chi connectivity index (χ4v) is 1.91. The minimum absolute atomic E-state index is 0.298. The van der Waals surface area contributed by atoms with Crippen molar-refractivity contribution < 1.29 is 0 Å². The van der Waals surface area contributed by atoms with Crippen molar-refractivity contribution in [3.8, 4) is 0 Å². The molecule has 0 aliphatic rings.